The van der Waals surface area contributed by atoms with Crippen molar-refractivity contribution in [1.29, 1.82) is 0 Å². The number of para-hydroxylation sites is 2. The molecule has 1 saturated heterocycles. The molecular formula is C19H28N4O4S. The quantitative estimate of drug-likeness (QED) is 0.452. The summed E-state index contributed by atoms with van der Waals surface area (Å²) >= 11 is 0. The third-order valence-electron chi connectivity index (χ3n) is 5.20. The highest BCUT2D eigenvalue weighted by Gasteiger charge is 2.40. The Labute approximate surface area is 166 Å². The lowest BCUT2D eigenvalue weighted by Crippen LogP contribution is -2.57. The summed E-state index contributed by atoms with van der Waals surface area (Å²) < 4.78 is 29.0. The van der Waals surface area contributed by atoms with Gasteiger partial charge in [0.1, 0.15) is 5.75 Å². The van der Waals surface area contributed by atoms with Gasteiger partial charge in [-0.25, -0.2) is 8.42 Å². The molecule has 0 bridgehead atoms. The number of benzene rings is 1. The van der Waals surface area contributed by atoms with Crippen LogP contribution in [0.1, 0.15) is 20.3 Å². The first kappa shape index (κ1) is 20.4. The van der Waals surface area contributed by atoms with E-state index in [1.54, 1.807) is 25.8 Å². The van der Waals surface area contributed by atoms with Gasteiger partial charge < -0.3 is 19.9 Å². The first-order valence-corrected chi connectivity index (χ1v) is 11.1. The summed E-state index contributed by atoms with van der Waals surface area (Å²) in [5.74, 6) is 1.49. The van der Waals surface area contributed by atoms with Gasteiger partial charge in [-0.3, -0.25) is 9.79 Å². The van der Waals surface area contributed by atoms with E-state index in [4.69, 9.17) is 4.74 Å². The number of anilines is 1. The van der Waals surface area contributed by atoms with Crippen LogP contribution in [0.3, 0.4) is 0 Å². The van der Waals surface area contributed by atoms with Gasteiger partial charge in [-0.15, -0.1) is 0 Å². The van der Waals surface area contributed by atoms with Crippen LogP contribution < -0.4 is 15.0 Å². The minimum atomic E-state index is -3.09. The van der Waals surface area contributed by atoms with Crippen molar-refractivity contribution in [3.8, 4) is 5.75 Å². The molecule has 2 aliphatic rings. The topological polar surface area (TPSA) is 91.3 Å². The average Bonchev–Trinajstić information content (AvgIpc) is 2.66. The van der Waals surface area contributed by atoms with Crippen molar-refractivity contribution in [2.45, 2.75) is 25.0 Å². The average molecular weight is 409 g/mol. The summed E-state index contributed by atoms with van der Waals surface area (Å²) in [6.45, 7) is 5.60. The molecule has 8 nitrogen and oxygen atoms in total. The van der Waals surface area contributed by atoms with Gasteiger partial charge in [0.05, 0.1) is 16.2 Å². The van der Waals surface area contributed by atoms with Crippen molar-refractivity contribution >= 4 is 27.4 Å². The van der Waals surface area contributed by atoms with Crippen molar-refractivity contribution in [2.24, 2.45) is 4.99 Å². The number of nitrogens with zero attached hydrogens (tertiary/aromatic N) is 3. The maximum Gasteiger partial charge on any atom is 0.265 e. The molecule has 2 heterocycles. The van der Waals surface area contributed by atoms with Crippen LogP contribution >= 0.6 is 0 Å². The number of amides is 1. The summed E-state index contributed by atoms with van der Waals surface area (Å²) in [5, 5.41) is 3.29. The molecule has 0 atom stereocenters. The van der Waals surface area contributed by atoms with Crippen LogP contribution in [-0.4, -0.2) is 75.5 Å². The zero-order chi connectivity index (χ0) is 20.4. The molecule has 9 heteroatoms. The molecule has 3 rings (SSSR count). The van der Waals surface area contributed by atoms with Crippen molar-refractivity contribution in [3.63, 3.8) is 0 Å². The maximum absolute atomic E-state index is 12.2. The van der Waals surface area contributed by atoms with Gasteiger partial charge in [0.15, 0.2) is 22.4 Å². The fourth-order valence-corrected chi connectivity index (χ4v) is 4.86. The number of hydrogen-bond donors (Lipinski definition) is 1. The Morgan fingerprint density at radius 3 is 2.79 bits per heavy atom. The van der Waals surface area contributed by atoms with Crippen molar-refractivity contribution in [1.82, 2.24) is 10.2 Å². The van der Waals surface area contributed by atoms with Crippen LogP contribution in [0, 0.1) is 0 Å². The fraction of sp³-hybridized carbons (Fsp3) is 0.579. The first-order chi connectivity index (χ1) is 13.2. The minimum Gasteiger partial charge on any atom is -0.482 e. The van der Waals surface area contributed by atoms with Crippen LogP contribution in [0.4, 0.5) is 5.69 Å². The van der Waals surface area contributed by atoms with Gasteiger partial charge in [0.2, 0.25) is 0 Å². The van der Waals surface area contributed by atoms with Gasteiger partial charge in [-0.2, -0.15) is 0 Å². The van der Waals surface area contributed by atoms with E-state index >= 15 is 0 Å². The molecule has 0 aromatic heterocycles. The number of nitrogens with one attached hydrogen (secondary N) is 1. The molecule has 28 heavy (non-hydrogen) atoms. The van der Waals surface area contributed by atoms with Gasteiger partial charge in [-0.05, 0) is 32.4 Å². The molecule has 0 unspecified atom stereocenters. The molecule has 1 aromatic carbocycles. The summed E-state index contributed by atoms with van der Waals surface area (Å²) in [5.41, 5.74) is 0.797. The second-order valence-corrected chi connectivity index (χ2v) is 10.4. The van der Waals surface area contributed by atoms with Crippen LogP contribution in [0.15, 0.2) is 29.3 Å². The van der Waals surface area contributed by atoms with Crippen LogP contribution in [0.2, 0.25) is 0 Å². The predicted octanol–water partition coefficient (Wildman–Crippen LogP) is 0.886. The molecule has 0 radical (unpaired) electrons. The van der Waals surface area contributed by atoms with Crippen LogP contribution in [0.5, 0.6) is 5.75 Å². The highest BCUT2D eigenvalue weighted by Crippen LogP contribution is 2.31. The smallest absolute Gasteiger partial charge is 0.265 e. The molecule has 1 fully saturated rings. The van der Waals surface area contributed by atoms with Gasteiger partial charge in [0, 0.05) is 33.2 Å². The highest BCUT2D eigenvalue weighted by atomic mass is 32.2. The zero-order valence-electron chi connectivity index (χ0n) is 16.6. The van der Waals surface area contributed by atoms with Crippen molar-refractivity contribution < 1.29 is 17.9 Å². The minimum absolute atomic E-state index is 0.0499. The maximum atomic E-state index is 12.2. The second-order valence-electron chi connectivity index (χ2n) is 7.63. The molecular weight excluding hydrogens is 380 g/mol. The number of carbonyl (C=O) groups is 1. The van der Waals surface area contributed by atoms with E-state index in [1.165, 1.54) is 0 Å². The molecule has 0 aliphatic carbocycles. The molecule has 2 aliphatic heterocycles. The molecule has 1 amide bonds. The third-order valence-corrected chi connectivity index (χ3v) is 7.74. The number of sulfone groups is 1. The summed E-state index contributed by atoms with van der Waals surface area (Å²) in [6, 6.07) is 7.52. The zero-order valence-corrected chi connectivity index (χ0v) is 17.5. The Morgan fingerprint density at radius 2 is 2.07 bits per heavy atom. The number of aliphatic imine (C=N–C) groups is 1. The Balaban J connectivity index is 1.54. The number of guanidine groups is 1. The number of rotatable bonds is 4. The van der Waals surface area contributed by atoms with E-state index in [0.717, 1.165) is 17.9 Å². The number of hydrogen-bond acceptors (Lipinski definition) is 5. The number of carbonyl (C=O) groups excluding carboxylic acids is 1. The largest absolute Gasteiger partial charge is 0.482 e. The summed E-state index contributed by atoms with van der Waals surface area (Å²) in [4.78, 5) is 20.2. The van der Waals surface area contributed by atoms with Crippen LogP contribution in [-0.2, 0) is 14.6 Å². The van der Waals surface area contributed by atoms with E-state index in [9.17, 15) is 13.2 Å². The Morgan fingerprint density at radius 1 is 1.32 bits per heavy atom. The number of fused-ring (bicyclic) bond motifs is 1. The Bertz CT molecular complexity index is 866. The van der Waals surface area contributed by atoms with E-state index < -0.39 is 14.6 Å². The van der Waals surface area contributed by atoms with Gasteiger partial charge in [0.25, 0.3) is 5.91 Å². The Hall–Kier alpha value is -2.29. The fourth-order valence-electron chi connectivity index (χ4n) is 3.49. The van der Waals surface area contributed by atoms with Gasteiger partial charge >= 0.3 is 0 Å². The van der Waals surface area contributed by atoms with E-state index in [-0.39, 0.29) is 18.3 Å². The first-order valence-electron chi connectivity index (χ1n) is 9.45. The normalized spacial score (nSPS) is 21.1. The van der Waals surface area contributed by atoms with E-state index in [1.807, 2.05) is 29.2 Å². The van der Waals surface area contributed by atoms with Crippen molar-refractivity contribution in [2.75, 3.05) is 50.5 Å². The second kappa shape index (κ2) is 7.98. The summed E-state index contributed by atoms with van der Waals surface area (Å²) in [6.07, 6.45) is 0.731. The molecule has 0 saturated carbocycles. The summed E-state index contributed by atoms with van der Waals surface area (Å²) in [7, 11) is -1.40. The Kier molecular flexibility index (Phi) is 5.83. The lowest BCUT2D eigenvalue weighted by Gasteiger charge is -2.39. The predicted molar refractivity (Wildman–Crippen MR) is 110 cm³/mol. The third kappa shape index (κ3) is 4.09. The van der Waals surface area contributed by atoms with Crippen LogP contribution in [0.25, 0.3) is 0 Å². The molecule has 1 N–H and O–H groups in total. The lowest BCUT2D eigenvalue weighted by molar-refractivity contribution is -0.121. The van der Waals surface area contributed by atoms with E-state index in [0.29, 0.717) is 32.1 Å². The van der Waals surface area contributed by atoms with Gasteiger partial charge in [-0.1, -0.05) is 12.1 Å². The standard InChI is InChI=1S/C19H28N4O4S/c1-19(2)14-22(11-12-28(19,25)26)18(20-3)21-9-6-10-23-15-7-4-5-8-16(15)27-13-17(23)24/h4-5,7-8H,6,9-14H2,1-3H3,(H,20,21). The lowest BCUT2D eigenvalue weighted by atomic mass is 10.2. The molecule has 1 aromatic rings. The highest BCUT2D eigenvalue weighted by molar-refractivity contribution is 7.92. The molecule has 0 spiro atoms. The number of ether oxygens (including phenoxy) is 1. The monoisotopic (exact) mass is 408 g/mol. The van der Waals surface area contributed by atoms with Crippen molar-refractivity contribution in [3.05, 3.63) is 24.3 Å². The SMILES string of the molecule is CN=C(NCCCN1C(=O)COc2ccccc21)N1CCS(=O)(=O)C(C)(C)C1. The van der Waals surface area contributed by atoms with E-state index in [2.05, 4.69) is 10.3 Å². The molecule has 154 valence electrons.